The number of fused-ring (bicyclic) bond motifs is 6. The van der Waals surface area contributed by atoms with Crippen molar-refractivity contribution in [2.75, 3.05) is 13.2 Å². The minimum absolute atomic E-state index is 0.0739. The Morgan fingerprint density at radius 3 is 2.36 bits per heavy atom. The Kier molecular flexibility index (Phi) is 3.66. The quantitative estimate of drug-likeness (QED) is 0.590. The van der Waals surface area contributed by atoms with Crippen LogP contribution in [0.4, 0.5) is 8.78 Å². The molecule has 1 unspecified atom stereocenters. The van der Waals surface area contributed by atoms with Crippen molar-refractivity contribution in [2.45, 2.75) is 76.9 Å². The predicted octanol–water partition coefficient (Wildman–Crippen LogP) is 5.26. The number of rotatable bonds is 0. The maximum absolute atomic E-state index is 15.2. The van der Waals surface area contributed by atoms with Gasteiger partial charge in [-0.3, -0.25) is 0 Å². The molecule has 0 amide bonds. The average Bonchev–Trinajstić information content (AvgIpc) is 3.15. The summed E-state index contributed by atoms with van der Waals surface area (Å²) in [5.74, 6) is -1.60. The molecule has 0 bridgehead atoms. The molecular weight excluding hydrogens is 322 g/mol. The monoisotopic (exact) mass is 354 g/mol. The van der Waals surface area contributed by atoms with Crippen molar-refractivity contribution >= 4 is 0 Å². The van der Waals surface area contributed by atoms with Gasteiger partial charge < -0.3 is 9.47 Å². The molecule has 5 rings (SSSR count). The highest BCUT2D eigenvalue weighted by Crippen LogP contribution is 2.68. The zero-order valence-corrected chi connectivity index (χ0v) is 15.6. The molecule has 1 spiro atoms. The zero-order chi connectivity index (χ0) is 17.4. The van der Waals surface area contributed by atoms with Crippen LogP contribution >= 0.6 is 0 Å². The van der Waals surface area contributed by atoms with E-state index in [4.69, 9.17) is 9.47 Å². The highest BCUT2D eigenvalue weighted by Gasteiger charge is 2.68. The van der Waals surface area contributed by atoms with Crippen LogP contribution in [0.1, 0.15) is 65.2 Å². The zero-order valence-electron chi connectivity index (χ0n) is 15.6. The first-order chi connectivity index (χ1) is 11.9. The van der Waals surface area contributed by atoms with Crippen LogP contribution in [0.25, 0.3) is 0 Å². The van der Waals surface area contributed by atoms with Gasteiger partial charge in [-0.1, -0.05) is 20.3 Å². The Labute approximate surface area is 150 Å². The van der Waals surface area contributed by atoms with Gasteiger partial charge in [-0.15, -0.1) is 0 Å². The van der Waals surface area contributed by atoms with Crippen molar-refractivity contribution in [3.8, 4) is 0 Å². The van der Waals surface area contributed by atoms with Gasteiger partial charge in [0.2, 0.25) is 0 Å². The van der Waals surface area contributed by atoms with Crippen LogP contribution in [0.5, 0.6) is 0 Å². The number of hydrogen-bond donors (Lipinski definition) is 0. The summed E-state index contributed by atoms with van der Waals surface area (Å²) in [6.07, 6.45) is 7.08. The third-order valence-electron chi connectivity index (χ3n) is 9.06. The highest BCUT2D eigenvalue weighted by atomic mass is 19.3. The van der Waals surface area contributed by atoms with Crippen LogP contribution in [0.3, 0.4) is 0 Å². The molecule has 0 radical (unpaired) electrons. The molecule has 1 heterocycles. The van der Waals surface area contributed by atoms with Gasteiger partial charge in [-0.25, -0.2) is 8.78 Å². The van der Waals surface area contributed by atoms with Crippen LogP contribution in [-0.4, -0.2) is 24.9 Å². The second-order valence-electron chi connectivity index (χ2n) is 10.0. The highest BCUT2D eigenvalue weighted by molar-refractivity contribution is 5.12. The van der Waals surface area contributed by atoms with Crippen LogP contribution < -0.4 is 0 Å². The molecule has 7 atom stereocenters. The molecule has 4 heteroatoms. The lowest BCUT2D eigenvalue weighted by Gasteiger charge is -2.58. The summed E-state index contributed by atoms with van der Waals surface area (Å²) in [6.45, 7) is 5.76. The first kappa shape index (κ1) is 16.9. The molecule has 1 aliphatic heterocycles. The third kappa shape index (κ3) is 2.19. The van der Waals surface area contributed by atoms with Crippen molar-refractivity contribution in [2.24, 2.45) is 40.9 Å². The summed E-state index contributed by atoms with van der Waals surface area (Å²) in [5, 5.41) is 0. The van der Waals surface area contributed by atoms with Gasteiger partial charge in [-0.2, -0.15) is 0 Å². The lowest BCUT2D eigenvalue weighted by Crippen LogP contribution is -2.57. The second kappa shape index (κ2) is 5.41. The standard InChI is InChI=1S/C21H32F2O2/c1-13-3-4-15-14-5-7-19(2)17(6-8-21(19)24-9-10-25-21)16(14)12-20(22,23)18(15)11-13/h13-18H,3-12H2,1-2H3/t13-,14+,15+,16+,17-,18?,19-/m0/s1. The lowest BCUT2D eigenvalue weighted by molar-refractivity contribution is -0.256. The van der Waals surface area contributed by atoms with Crippen molar-refractivity contribution < 1.29 is 18.3 Å². The first-order valence-electron chi connectivity index (χ1n) is 10.5. The molecule has 25 heavy (non-hydrogen) atoms. The average molecular weight is 354 g/mol. The molecule has 1 saturated heterocycles. The summed E-state index contributed by atoms with van der Waals surface area (Å²) in [4.78, 5) is 0. The SMILES string of the molecule is C[C@H]1CC[C@H]2C(C1)C(F)(F)C[C@@H]1[C@@H]2CC[C@@]2(C)[C@H]1CCC21OCCO1. The van der Waals surface area contributed by atoms with Crippen molar-refractivity contribution in [3.05, 3.63) is 0 Å². The van der Waals surface area contributed by atoms with E-state index in [2.05, 4.69) is 13.8 Å². The summed E-state index contributed by atoms with van der Waals surface area (Å²) in [6, 6.07) is 0. The van der Waals surface area contributed by atoms with E-state index in [1.807, 2.05) is 0 Å². The molecular formula is C21H32F2O2. The summed E-state index contributed by atoms with van der Waals surface area (Å²) in [7, 11) is 0. The smallest absolute Gasteiger partial charge is 0.251 e. The minimum Gasteiger partial charge on any atom is -0.347 e. The lowest BCUT2D eigenvalue weighted by atomic mass is 9.49. The molecule has 0 N–H and O–H groups in total. The maximum Gasteiger partial charge on any atom is 0.251 e. The van der Waals surface area contributed by atoms with E-state index in [9.17, 15) is 0 Å². The summed E-state index contributed by atoms with van der Waals surface area (Å²) >= 11 is 0. The van der Waals surface area contributed by atoms with Crippen molar-refractivity contribution in [1.82, 2.24) is 0 Å². The van der Waals surface area contributed by atoms with E-state index in [1.54, 1.807) is 0 Å². The second-order valence-corrected chi connectivity index (χ2v) is 10.0. The van der Waals surface area contributed by atoms with E-state index in [-0.39, 0.29) is 29.6 Å². The molecule has 4 saturated carbocycles. The van der Waals surface area contributed by atoms with Crippen LogP contribution in [0.15, 0.2) is 0 Å². The van der Waals surface area contributed by atoms with Gasteiger partial charge >= 0.3 is 0 Å². The van der Waals surface area contributed by atoms with E-state index < -0.39 is 11.7 Å². The van der Waals surface area contributed by atoms with Crippen LogP contribution in [-0.2, 0) is 9.47 Å². The number of ether oxygens (including phenoxy) is 2. The van der Waals surface area contributed by atoms with E-state index in [1.165, 1.54) is 0 Å². The van der Waals surface area contributed by atoms with Gasteiger partial charge in [-0.05, 0) is 61.7 Å². The number of alkyl halides is 2. The third-order valence-corrected chi connectivity index (χ3v) is 9.06. The Morgan fingerprint density at radius 1 is 0.840 bits per heavy atom. The predicted molar refractivity (Wildman–Crippen MR) is 91.2 cm³/mol. The Hall–Kier alpha value is -0.220. The Bertz CT molecular complexity index is 544. The Morgan fingerprint density at radius 2 is 1.60 bits per heavy atom. The minimum atomic E-state index is -2.48. The van der Waals surface area contributed by atoms with Gasteiger partial charge in [0.1, 0.15) is 0 Å². The van der Waals surface area contributed by atoms with Gasteiger partial charge in [0, 0.05) is 24.2 Å². The normalized spacial score (nSPS) is 53.3. The molecule has 5 aliphatic rings. The van der Waals surface area contributed by atoms with Crippen molar-refractivity contribution in [3.63, 3.8) is 0 Å². The van der Waals surface area contributed by atoms with Gasteiger partial charge in [0.25, 0.3) is 5.92 Å². The topological polar surface area (TPSA) is 18.5 Å². The van der Waals surface area contributed by atoms with Crippen molar-refractivity contribution in [1.29, 1.82) is 0 Å². The van der Waals surface area contributed by atoms with E-state index in [0.717, 1.165) is 44.9 Å². The molecule has 0 aromatic rings. The molecule has 5 fully saturated rings. The van der Waals surface area contributed by atoms with E-state index in [0.29, 0.717) is 31.0 Å². The van der Waals surface area contributed by atoms with Gasteiger partial charge in [0.15, 0.2) is 5.79 Å². The Balaban J connectivity index is 1.47. The summed E-state index contributed by atoms with van der Waals surface area (Å²) < 4.78 is 42.6. The maximum atomic E-state index is 15.2. The van der Waals surface area contributed by atoms with Crippen LogP contribution in [0.2, 0.25) is 0 Å². The molecule has 4 aliphatic carbocycles. The fraction of sp³-hybridized carbons (Fsp3) is 1.00. The molecule has 2 nitrogen and oxygen atoms in total. The molecule has 0 aromatic carbocycles. The first-order valence-corrected chi connectivity index (χ1v) is 10.5. The number of hydrogen-bond acceptors (Lipinski definition) is 2. The fourth-order valence-corrected chi connectivity index (χ4v) is 7.90. The largest absolute Gasteiger partial charge is 0.347 e. The summed E-state index contributed by atoms with van der Waals surface area (Å²) in [5.41, 5.74) is -0.0739. The molecule has 0 aromatic heterocycles. The van der Waals surface area contributed by atoms with E-state index >= 15 is 8.78 Å². The fourth-order valence-electron chi connectivity index (χ4n) is 7.90. The molecule has 142 valence electrons. The van der Waals surface area contributed by atoms with Gasteiger partial charge in [0.05, 0.1) is 13.2 Å². The number of halogens is 2. The van der Waals surface area contributed by atoms with Crippen LogP contribution in [0, 0.1) is 40.9 Å².